The van der Waals surface area contributed by atoms with E-state index in [1.54, 1.807) is 17.0 Å². The lowest BCUT2D eigenvalue weighted by Gasteiger charge is -2.29. The van der Waals surface area contributed by atoms with Crippen LogP contribution in [0.2, 0.25) is 10.0 Å². The average Bonchev–Trinajstić information content (AvgIpc) is 2.53. The number of amides is 1. The fourth-order valence-corrected chi connectivity index (χ4v) is 3.48. The summed E-state index contributed by atoms with van der Waals surface area (Å²) in [5.74, 6) is 0.942. The lowest BCUT2D eigenvalue weighted by molar-refractivity contribution is -0.118. The molecule has 1 saturated heterocycles. The molecular weight excluding hydrogens is 331 g/mol. The van der Waals surface area contributed by atoms with Crippen molar-refractivity contribution >= 4 is 34.8 Å². The number of benzene rings is 1. The third-order valence-corrected chi connectivity index (χ3v) is 5.41. The zero-order chi connectivity index (χ0) is 16.8. The zero-order valence-corrected chi connectivity index (χ0v) is 15.5. The first kappa shape index (κ1) is 18.6. The Kier molecular flexibility index (Phi) is 7.19. The first-order valence-corrected chi connectivity index (χ1v) is 9.20. The largest absolute Gasteiger partial charge is 0.313 e. The van der Waals surface area contributed by atoms with Gasteiger partial charge in [0.05, 0.1) is 10.0 Å². The molecule has 0 aliphatic carbocycles. The van der Waals surface area contributed by atoms with Crippen molar-refractivity contribution in [2.45, 2.75) is 39.0 Å². The van der Waals surface area contributed by atoms with Gasteiger partial charge in [-0.1, -0.05) is 23.2 Å². The van der Waals surface area contributed by atoms with Crippen molar-refractivity contribution in [2.75, 3.05) is 31.6 Å². The van der Waals surface area contributed by atoms with Crippen molar-refractivity contribution in [3.8, 4) is 0 Å². The summed E-state index contributed by atoms with van der Waals surface area (Å²) in [6.45, 7) is 4.99. The third kappa shape index (κ3) is 5.37. The van der Waals surface area contributed by atoms with E-state index >= 15 is 0 Å². The minimum atomic E-state index is 0.166. The van der Waals surface area contributed by atoms with Crippen LogP contribution in [0.25, 0.3) is 0 Å². The highest BCUT2D eigenvalue weighted by atomic mass is 35.5. The molecule has 1 heterocycles. The molecule has 1 aliphatic rings. The normalized spacial score (nSPS) is 16.5. The SMILES string of the molecule is CCN(C(=O)CCCC1CCN(C)CC1)c1ccc(Cl)c(Cl)c1. The second-order valence-corrected chi connectivity index (χ2v) is 7.19. The summed E-state index contributed by atoms with van der Waals surface area (Å²) in [5, 5.41) is 1.00. The number of nitrogens with zero attached hydrogens (tertiary/aromatic N) is 2. The van der Waals surface area contributed by atoms with Gasteiger partial charge in [0.25, 0.3) is 0 Å². The average molecular weight is 357 g/mol. The van der Waals surface area contributed by atoms with E-state index in [2.05, 4.69) is 11.9 Å². The molecule has 2 rings (SSSR count). The second-order valence-electron chi connectivity index (χ2n) is 6.38. The van der Waals surface area contributed by atoms with Gasteiger partial charge in [0, 0.05) is 18.7 Å². The Balaban J connectivity index is 1.84. The fraction of sp³-hybridized carbons (Fsp3) is 0.611. The smallest absolute Gasteiger partial charge is 0.226 e. The Bertz CT molecular complexity index is 528. The number of rotatable bonds is 6. The summed E-state index contributed by atoms with van der Waals surface area (Å²) >= 11 is 12.0. The van der Waals surface area contributed by atoms with Gasteiger partial charge in [0.2, 0.25) is 5.91 Å². The highest BCUT2D eigenvalue weighted by Gasteiger charge is 2.18. The van der Waals surface area contributed by atoms with Gasteiger partial charge >= 0.3 is 0 Å². The molecule has 0 bridgehead atoms. The highest BCUT2D eigenvalue weighted by Crippen LogP contribution is 2.28. The Morgan fingerprint density at radius 1 is 1.26 bits per heavy atom. The van der Waals surface area contributed by atoms with Crippen molar-refractivity contribution in [3.63, 3.8) is 0 Å². The van der Waals surface area contributed by atoms with Gasteiger partial charge in [-0.05, 0) is 76.9 Å². The standard InChI is InChI=1S/C18H26Cl2N2O/c1-3-22(15-7-8-16(19)17(20)13-15)18(23)6-4-5-14-9-11-21(2)12-10-14/h7-8,13-14H,3-6,9-12H2,1-2H3. The summed E-state index contributed by atoms with van der Waals surface area (Å²) in [5.41, 5.74) is 0.825. The van der Waals surface area contributed by atoms with Crippen LogP contribution in [-0.4, -0.2) is 37.5 Å². The summed E-state index contributed by atoms with van der Waals surface area (Å²) in [6.07, 6.45) is 5.23. The van der Waals surface area contributed by atoms with Crippen molar-refractivity contribution in [2.24, 2.45) is 5.92 Å². The molecule has 0 N–H and O–H groups in total. The molecule has 128 valence electrons. The van der Waals surface area contributed by atoms with Gasteiger partial charge in [0.15, 0.2) is 0 Å². The molecule has 0 atom stereocenters. The van der Waals surface area contributed by atoms with Crippen molar-refractivity contribution in [3.05, 3.63) is 28.2 Å². The number of anilines is 1. The number of carbonyl (C=O) groups excluding carboxylic acids is 1. The van der Waals surface area contributed by atoms with Crippen LogP contribution in [0.1, 0.15) is 39.0 Å². The molecule has 1 amide bonds. The molecule has 0 aromatic heterocycles. The van der Waals surface area contributed by atoms with Crippen LogP contribution in [0.5, 0.6) is 0 Å². The second kappa shape index (κ2) is 8.91. The molecule has 1 aromatic carbocycles. The predicted molar refractivity (Wildman–Crippen MR) is 98.6 cm³/mol. The minimum absolute atomic E-state index is 0.166. The van der Waals surface area contributed by atoms with Crippen molar-refractivity contribution in [1.29, 1.82) is 0 Å². The number of likely N-dealkylation sites (tertiary alicyclic amines) is 1. The molecule has 5 heteroatoms. The fourth-order valence-electron chi connectivity index (χ4n) is 3.18. The molecule has 3 nitrogen and oxygen atoms in total. The molecule has 1 aromatic rings. The third-order valence-electron chi connectivity index (χ3n) is 4.67. The number of hydrogen-bond donors (Lipinski definition) is 0. The summed E-state index contributed by atoms with van der Waals surface area (Å²) in [7, 11) is 2.18. The number of piperidine rings is 1. The van der Waals surface area contributed by atoms with Crippen LogP contribution in [0.3, 0.4) is 0 Å². The molecule has 0 radical (unpaired) electrons. The number of hydrogen-bond acceptors (Lipinski definition) is 2. The van der Waals surface area contributed by atoms with Gasteiger partial charge < -0.3 is 9.80 Å². The van der Waals surface area contributed by atoms with E-state index < -0.39 is 0 Å². The van der Waals surface area contributed by atoms with Crippen LogP contribution < -0.4 is 4.90 Å². The lowest BCUT2D eigenvalue weighted by atomic mass is 9.92. The van der Waals surface area contributed by atoms with E-state index in [0.29, 0.717) is 23.0 Å². The molecule has 1 fully saturated rings. The van der Waals surface area contributed by atoms with E-state index in [0.717, 1.165) is 24.4 Å². The van der Waals surface area contributed by atoms with Crippen molar-refractivity contribution < 1.29 is 4.79 Å². The quantitative estimate of drug-likeness (QED) is 0.726. The van der Waals surface area contributed by atoms with Gasteiger partial charge in [-0.2, -0.15) is 0 Å². The lowest BCUT2D eigenvalue weighted by Crippen LogP contribution is -2.31. The van der Waals surface area contributed by atoms with Crippen LogP contribution in [0.15, 0.2) is 18.2 Å². The van der Waals surface area contributed by atoms with E-state index in [-0.39, 0.29) is 5.91 Å². The maximum Gasteiger partial charge on any atom is 0.226 e. The summed E-state index contributed by atoms with van der Waals surface area (Å²) in [4.78, 5) is 16.7. The Hall–Kier alpha value is -0.770. The Labute approximate surface area is 149 Å². The van der Waals surface area contributed by atoms with Crippen LogP contribution in [0, 0.1) is 5.92 Å². The van der Waals surface area contributed by atoms with E-state index in [4.69, 9.17) is 23.2 Å². The Morgan fingerprint density at radius 2 is 1.96 bits per heavy atom. The molecule has 0 spiro atoms. The first-order valence-electron chi connectivity index (χ1n) is 8.45. The van der Waals surface area contributed by atoms with Crippen LogP contribution >= 0.6 is 23.2 Å². The van der Waals surface area contributed by atoms with E-state index in [1.165, 1.54) is 25.9 Å². The van der Waals surface area contributed by atoms with Crippen LogP contribution in [-0.2, 0) is 4.79 Å². The molecule has 0 saturated carbocycles. The van der Waals surface area contributed by atoms with Gasteiger partial charge in [-0.25, -0.2) is 0 Å². The van der Waals surface area contributed by atoms with E-state index in [1.807, 2.05) is 13.0 Å². The monoisotopic (exact) mass is 356 g/mol. The summed E-state index contributed by atoms with van der Waals surface area (Å²) < 4.78 is 0. The first-order chi connectivity index (χ1) is 11.0. The zero-order valence-electron chi connectivity index (χ0n) is 14.0. The highest BCUT2D eigenvalue weighted by molar-refractivity contribution is 6.42. The maximum absolute atomic E-state index is 12.5. The van der Waals surface area contributed by atoms with E-state index in [9.17, 15) is 4.79 Å². The number of carbonyl (C=O) groups is 1. The minimum Gasteiger partial charge on any atom is -0.313 e. The molecular formula is C18H26Cl2N2O. The molecule has 0 unspecified atom stereocenters. The predicted octanol–water partition coefficient (Wildman–Crippen LogP) is 4.86. The molecule has 1 aliphatic heterocycles. The van der Waals surface area contributed by atoms with Gasteiger partial charge in [0.1, 0.15) is 0 Å². The maximum atomic E-state index is 12.5. The van der Waals surface area contributed by atoms with Crippen molar-refractivity contribution in [1.82, 2.24) is 4.90 Å². The topological polar surface area (TPSA) is 23.6 Å². The molecule has 23 heavy (non-hydrogen) atoms. The van der Waals surface area contributed by atoms with Gasteiger partial charge in [-0.3, -0.25) is 4.79 Å². The van der Waals surface area contributed by atoms with Crippen LogP contribution in [0.4, 0.5) is 5.69 Å². The van der Waals surface area contributed by atoms with Gasteiger partial charge in [-0.15, -0.1) is 0 Å². The summed E-state index contributed by atoms with van der Waals surface area (Å²) in [6, 6.07) is 5.36. The number of halogens is 2. The Morgan fingerprint density at radius 3 is 2.57 bits per heavy atom.